The molecule has 1 aliphatic heterocycles. The van der Waals surface area contributed by atoms with Crippen molar-refractivity contribution in [1.82, 2.24) is 15.3 Å². The van der Waals surface area contributed by atoms with Crippen molar-refractivity contribution < 1.29 is 4.42 Å². The molecule has 24 heavy (non-hydrogen) atoms. The van der Waals surface area contributed by atoms with E-state index < -0.39 is 0 Å². The maximum absolute atomic E-state index is 6.43. The smallest absolute Gasteiger partial charge is 0.298 e. The molecule has 1 aromatic carbocycles. The fraction of sp³-hybridized carbons (Fsp3) is 0.294. The molecule has 0 saturated carbocycles. The molecule has 1 saturated heterocycles. The zero-order chi connectivity index (χ0) is 16.7. The summed E-state index contributed by atoms with van der Waals surface area (Å²) in [7, 11) is 0. The van der Waals surface area contributed by atoms with Gasteiger partial charge in [0.05, 0.1) is 14.3 Å². The number of hydrogen-bond donors (Lipinski definition) is 1. The van der Waals surface area contributed by atoms with Crippen molar-refractivity contribution in [3.63, 3.8) is 0 Å². The average molecular weight is 455 g/mol. The monoisotopic (exact) mass is 454 g/mol. The van der Waals surface area contributed by atoms with Crippen LogP contribution in [0.3, 0.4) is 0 Å². The summed E-state index contributed by atoms with van der Waals surface area (Å²) < 4.78 is 7.09. The summed E-state index contributed by atoms with van der Waals surface area (Å²) >= 11 is 8.65. The van der Waals surface area contributed by atoms with E-state index in [0.29, 0.717) is 17.1 Å². The SMILES string of the molecule is C[C@H]1CNCCN1c1nc2c(I)c(Cl)cc(-c3ccccn3)c2o1. The minimum Gasteiger partial charge on any atom is -0.423 e. The zero-order valence-corrected chi connectivity index (χ0v) is 16.0. The van der Waals surface area contributed by atoms with Gasteiger partial charge in [-0.1, -0.05) is 17.7 Å². The molecule has 5 nitrogen and oxygen atoms in total. The molecular formula is C17H16ClIN4O. The van der Waals surface area contributed by atoms with E-state index >= 15 is 0 Å². The van der Waals surface area contributed by atoms with E-state index in [0.717, 1.165) is 45.6 Å². The first-order chi connectivity index (χ1) is 11.6. The van der Waals surface area contributed by atoms with Crippen molar-refractivity contribution in [1.29, 1.82) is 0 Å². The molecule has 0 bridgehead atoms. The van der Waals surface area contributed by atoms with Gasteiger partial charge in [0.15, 0.2) is 5.58 Å². The maximum Gasteiger partial charge on any atom is 0.298 e. The van der Waals surface area contributed by atoms with Crippen LogP contribution in [0.5, 0.6) is 0 Å². The van der Waals surface area contributed by atoms with Gasteiger partial charge < -0.3 is 14.6 Å². The van der Waals surface area contributed by atoms with Gasteiger partial charge in [0.25, 0.3) is 6.01 Å². The summed E-state index contributed by atoms with van der Waals surface area (Å²) in [6.45, 7) is 4.88. The lowest BCUT2D eigenvalue weighted by atomic mass is 10.1. The Balaban J connectivity index is 1.90. The van der Waals surface area contributed by atoms with Crippen LogP contribution in [0, 0.1) is 3.57 Å². The summed E-state index contributed by atoms with van der Waals surface area (Å²) in [5, 5.41) is 4.05. The molecule has 0 spiro atoms. The Morgan fingerprint density at radius 1 is 1.42 bits per heavy atom. The largest absolute Gasteiger partial charge is 0.423 e. The zero-order valence-electron chi connectivity index (χ0n) is 13.1. The Bertz CT molecular complexity index is 883. The third-order valence-electron chi connectivity index (χ3n) is 4.24. The fourth-order valence-electron chi connectivity index (χ4n) is 2.97. The number of fused-ring (bicyclic) bond motifs is 1. The quantitative estimate of drug-likeness (QED) is 0.594. The van der Waals surface area contributed by atoms with E-state index in [-0.39, 0.29) is 0 Å². The van der Waals surface area contributed by atoms with Gasteiger partial charge in [0.2, 0.25) is 0 Å². The first-order valence-corrected chi connectivity index (χ1v) is 9.28. The molecule has 0 unspecified atom stereocenters. The van der Waals surface area contributed by atoms with Crippen molar-refractivity contribution in [2.24, 2.45) is 0 Å². The van der Waals surface area contributed by atoms with Crippen LogP contribution in [0.2, 0.25) is 5.02 Å². The van der Waals surface area contributed by atoms with E-state index in [9.17, 15) is 0 Å². The summed E-state index contributed by atoms with van der Waals surface area (Å²) in [5.41, 5.74) is 3.24. The number of nitrogens with one attached hydrogen (secondary N) is 1. The number of nitrogens with zero attached hydrogens (tertiary/aromatic N) is 3. The van der Waals surface area contributed by atoms with Crippen molar-refractivity contribution >= 4 is 51.3 Å². The number of benzene rings is 1. The summed E-state index contributed by atoms with van der Waals surface area (Å²) in [6, 6.07) is 8.69. The van der Waals surface area contributed by atoms with E-state index in [1.165, 1.54) is 0 Å². The molecule has 7 heteroatoms. The number of aromatic nitrogens is 2. The standard InChI is InChI=1S/C17H16ClIN4O/c1-10-9-20-6-7-23(10)17-22-15-14(19)12(18)8-11(16(15)24-17)13-4-2-3-5-21-13/h2-5,8,10,20H,6-7,9H2,1H3/t10-/m0/s1. The Hall–Kier alpha value is -1.38. The predicted octanol–water partition coefficient (Wildman–Crippen LogP) is 3.95. The lowest BCUT2D eigenvalue weighted by Crippen LogP contribution is -2.50. The Morgan fingerprint density at radius 2 is 2.29 bits per heavy atom. The highest BCUT2D eigenvalue weighted by atomic mass is 127. The van der Waals surface area contributed by atoms with Crippen LogP contribution < -0.4 is 10.2 Å². The summed E-state index contributed by atoms with van der Waals surface area (Å²) in [5.74, 6) is 0. The van der Waals surface area contributed by atoms with Gasteiger partial charge in [-0.15, -0.1) is 0 Å². The van der Waals surface area contributed by atoms with Gasteiger partial charge in [0.1, 0.15) is 5.52 Å². The van der Waals surface area contributed by atoms with Gasteiger partial charge in [0, 0.05) is 37.4 Å². The molecule has 1 fully saturated rings. The van der Waals surface area contributed by atoms with Crippen molar-refractivity contribution in [2.45, 2.75) is 13.0 Å². The van der Waals surface area contributed by atoms with Crippen molar-refractivity contribution in [3.8, 4) is 11.3 Å². The molecule has 0 radical (unpaired) electrons. The number of halogens is 2. The third-order valence-corrected chi connectivity index (χ3v) is 5.95. The summed E-state index contributed by atoms with van der Waals surface area (Å²) in [6.07, 6.45) is 1.77. The molecule has 124 valence electrons. The normalized spacial score (nSPS) is 18.3. The molecular weight excluding hydrogens is 439 g/mol. The molecule has 4 rings (SSSR count). The highest BCUT2D eigenvalue weighted by Crippen LogP contribution is 2.37. The highest BCUT2D eigenvalue weighted by Gasteiger charge is 2.25. The third kappa shape index (κ3) is 2.76. The number of hydrogen-bond acceptors (Lipinski definition) is 5. The molecule has 1 N–H and O–H groups in total. The minimum absolute atomic E-state index is 0.332. The second kappa shape index (κ2) is 6.50. The second-order valence-corrected chi connectivity index (χ2v) is 7.34. The fourth-order valence-corrected chi connectivity index (χ4v) is 3.69. The number of oxazole rings is 1. The number of piperazine rings is 1. The molecule has 0 aliphatic carbocycles. The van der Waals surface area contributed by atoms with E-state index in [1.54, 1.807) is 6.20 Å². The van der Waals surface area contributed by atoms with Gasteiger partial charge in [-0.05, 0) is 47.7 Å². The van der Waals surface area contributed by atoms with Crippen LogP contribution in [0.1, 0.15) is 6.92 Å². The van der Waals surface area contributed by atoms with Gasteiger partial charge in [-0.25, -0.2) is 0 Å². The van der Waals surface area contributed by atoms with Crippen LogP contribution in [0.4, 0.5) is 6.01 Å². The minimum atomic E-state index is 0.332. The lowest BCUT2D eigenvalue weighted by molar-refractivity contribution is 0.456. The van der Waals surface area contributed by atoms with Crippen LogP contribution >= 0.6 is 34.2 Å². The number of pyridine rings is 1. The first-order valence-electron chi connectivity index (χ1n) is 7.82. The topological polar surface area (TPSA) is 54.2 Å². The molecule has 1 aliphatic rings. The Morgan fingerprint density at radius 3 is 3.04 bits per heavy atom. The Kier molecular flexibility index (Phi) is 4.36. The predicted molar refractivity (Wildman–Crippen MR) is 105 cm³/mol. The van der Waals surface area contributed by atoms with Gasteiger partial charge in [-0.3, -0.25) is 4.98 Å². The van der Waals surface area contributed by atoms with Crippen molar-refractivity contribution in [3.05, 3.63) is 39.1 Å². The van der Waals surface area contributed by atoms with E-state index in [2.05, 4.69) is 44.7 Å². The van der Waals surface area contributed by atoms with E-state index in [1.807, 2.05) is 24.3 Å². The lowest BCUT2D eigenvalue weighted by Gasteiger charge is -2.32. The van der Waals surface area contributed by atoms with Crippen LogP contribution in [0.25, 0.3) is 22.4 Å². The average Bonchev–Trinajstić information content (AvgIpc) is 3.04. The van der Waals surface area contributed by atoms with Crippen molar-refractivity contribution in [2.75, 3.05) is 24.5 Å². The van der Waals surface area contributed by atoms with Crippen LogP contribution in [-0.4, -0.2) is 35.6 Å². The van der Waals surface area contributed by atoms with Crippen LogP contribution in [0.15, 0.2) is 34.9 Å². The Labute approximate surface area is 158 Å². The highest BCUT2D eigenvalue weighted by molar-refractivity contribution is 14.1. The van der Waals surface area contributed by atoms with Gasteiger partial charge in [-0.2, -0.15) is 4.98 Å². The molecule has 3 heterocycles. The molecule has 1 atom stereocenters. The van der Waals surface area contributed by atoms with Crippen LogP contribution in [-0.2, 0) is 0 Å². The number of rotatable bonds is 2. The first kappa shape index (κ1) is 16.1. The molecule has 2 aromatic heterocycles. The van der Waals surface area contributed by atoms with Gasteiger partial charge >= 0.3 is 0 Å². The molecule has 3 aromatic rings. The summed E-state index contributed by atoms with van der Waals surface area (Å²) in [4.78, 5) is 11.4. The second-order valence-electron chi connectivity index (χ2n) is 5.86. The maximum atomic E-state index is 6.43. The van der Waals surface area contributed by atoms with E-state index in [4.69, 9.17) is 21.0 Å². The number of anilines is 1. The molecule has 0 amide bonds.